The number of hydrogen-bond donors (Lipinski definition) is 1. The number of nitrogens with zero attached hydrogens (tertiary/aromatic N) is 1. The second kappa shape index (κ2) is 8.60. The van der Waals surface area contributed by atoms with Gasteiger partial charge in [0.05, 0.1) is 7.11 Å². The van der Waals surface area contributed by atoms with Gasteiger partial charge in [-0.05, 0) is 33.3 Å². The lowest BCUT2D eigenvalue weighted by atomic mass is 10.2. The zero-order chi connectivity index (χ0) is 20.9. The lowest BCUT2D eigenvalue weighted by Gasteiger charge is -2.22. The van der Waals surface area contributed by atoms with Gasteiger partial charge >= 0.3 is 12.1 Å². The molecule has 0 saturated carbocycles. The monoisotopic (exact) mass is 388 g/mol. The van der Waals surface area contributed by atoms with E-state index in [9.17, 15) is 14.4 Å². The molecule has 0 saturated heterocycles. The average molecular weight is 388 g/mol. The lowest BCUT2D eigenvalue weighted by Crippen LogP contribution is -2.35. The second-order valence-corrected chi connectivity index (χ2v) is 7.07. The third kappa shape index (κ3) is 5.35. The Labute approximate surface area is 163 Å². The fraction of sp³-hybridized carbons (Fsp3) is 0.350. The zero-order valence-electron chi connectivity index (χ0n) is 16.6. The van der Waals surface area contributed by atoms with Crippen LogP contribution in [0.25, 0.3) is 0 Å². The van der Waals surface area contributed by atoms with E-state index >= 15 is 0 Å². The zero-order valence-corrected chi connectivity index (χ0v) is 16.6. The van der Waals surface area contributed by atoms with Crippen LogP contribution in [-0.2, 0) is 16.1 Å². The molecule has 2 aromatic rings. The average Bonchev–Trinajstić information content (AvgIpc) is 2.62. The van der Waals surface area contributed by atoms with Gasteiger partial charge in [0.1, 0.15) is 12.2 Å². The SMILES string of the molecule is COC(=O)c1c(OCc2ccccc2)c(=O)c(C)cn1NC(=O)OC(C)(C)C. The fourth-order valence-corrected chi connectivity index (χ4v) is 2.35. The van der Waals surface area contributed by atoms with E-state index in [4.69, 9.17) is 14.2 Å². The van der Waals surface area contributed by atoms with E-state index in [2.05, 4.69) is 5.43 Å². The number of pyridine rings is 1. The first-order valence-electron chi connectivity index (χ1n) is 8.63. The largest absolute Gasteiger partial charge is 0.482 e. The molecule has 1 N–H and O–H groups in total. The maximum absolute atomic E-state index is 12.6. The van der Waals surface area contributed by atoms with Crippen LogP contribution in [0.3, 0.4) is 0 Å². The van der Waals surface area contributed by atoms with E-state index in [0.717, 1.165) is 10.2 Å². The molecule has 1 aromatic heterocycles. The first-order chi connectivity index (χ1) is 13.1. The van der Waals surface area contributed by atoms with Crippen molar-refractivity contribution in [2.75, 3.05) is 12.5 Å². The van der Waals surface area contributed by atoms with Gasteiger partial charge in [-0.15, -0.1) is 0 Å². The van der Waals surface area contributed by atoms with Gasteiger partial charge in [-0.2, -0.15) is 0 Å². The van der Waals surface area contributed by atoms with Gasteiger partial charge in [0.2, 0.25) is 11.2 Å². The van der Waals surface area contributed by atoms with E-state index < -0.39 is 23.1 Å². The molecule has 0 fully saturated rings. The van der Waals surface area contributed by atoms with Gasteiger partial charge in [0.25, 0.3) is 0 Å². The third-order valence-electron chi connectivity index (χ3n) is 3.56. The minimum Gasteiger partial charge on any atom is -0.482 e. The summed E-state index contributed by atoms with van der Waals surface area (Å²) >= 11 is 0. The molecule has 1 heterocycles. The van der Waals surface area contributed by atoms with E-state index in [-0.39, 0.29) is 23.6 Å². The van der Waals surface area contributed by atoms with Crippen molar-refractivity contribution in [3.05, 3.63) is 63.6 Å². The van der Waals surface area contributed by atoms with Crippen molar-refractivity contribution in [1.29, 1.82) is 0 Å². The number of carbonyl (C=O) groups excluding carboxylic acids is 2. The second-order valence-electron chi connectivity index (χ2n) is 7.07. The molecule has 0 aliphatic rings. The van der Waals surface area contributed by atoms with Crippen molar-refractivity contribution in [3.63, 3.8) is 0 Å². The summed E-state index contributed by atoms with van der Waals surface area (Å²) in [6.07, 6.45) is 0.517. The summed E-state index contributed by atoms with van der Waals surface area (Å²) in [4.78, 5) is 37.1. The van der Waals surface area contributed by atoms with Crippen LogP contribution in [0.2, 0.25) is 0 Å². The van der Waals surface area contributed by atoms with E-state index in [1.807, 2.05) is 30.3 Å². The highest BCUT2D eigenvalue weighted by atomic mass is 16.6. The van der Waals surface area contributed by atoms with Crippen LogP contribution in [0.5, 0.6) is 5.75 Å². The predicted molar refractivity (Wildman–Crippen MR) is 103 cm³/mol. The molecule has 0 spiro atoms. The molecule has 0 aliphatic heterocycles. The molecule has 0 atom stereocenters. The van der Waals surface area contributed by atoms with Crippen molar-refractivity contribution in [3.8, 4) is 5.75 Å². The molecular weight excluding hydrogens is 364 g/mol. The summed E-state index contributed by atoms with van der Waals surface area (Å²) in [6.45, 7) is 6.73. The highest BCUT2D eigenvalue weighted by Gasteiger charge is 2.25. The molecule has 1 amide bonds. The summed E-state index contributed by atoms with van der Waals surface area (Å²) in [7, 11) is 1.17. The number of aryl methyl sites for hydroxylation is 1. The van der Waals surface area contributed by atoms with Crippen LogP contribution in [0.15, 0.2) is 41.3 Å². The quantitative estimate of drug-likeness (QED) is 0.791. The standard InChI is InChI=1S/C20H24N2O6/c1-13-11-22(21-19(25)28-20(2,3)4)15(18(24)26-5)17(16(13)23)27-12-14-9-7-6-8-10-14/h6-11H,12H2,1-5H3,(H,21,25). The van der Waals surface area contributed by atoms with Crippen molar-refractivity contribution in [2.45, 2.75) is 39.9 Å². The Morgan fingerprint density at radius 3 is 2.36 bits per heavy atom. The lowest BCUT2D eigenvalue weighted by molar-refractivity contribution is 0.0573. The molecule has 8 nitrogen and oxygen atoms in total. The molecule has 2 rings (SSSR count). The fourth-order valence-electron chi connectivity index (χ4n) is 2.35. The number of carbonyl (C=O) groups is 2. The van der Waals surface area contributed by atoms with Gasteiger partial charge in [-0.3, -0.25) is 4.79 Å². The number of benzene rings is 1. The van der Waals surface area contributed by atoms with Gasteiger partial charge in [0.15, 0.2) is 5.69 Å². The minimum atomic E-state index is -0.837. The number of methoxy groups -OCH3 is 1. The van der Waals surface area contributed by atoms with Crippen LogP contribution in [0.1, 0.15) is 42.4 Å². The molecule has 28 heavy (non-hydrogen) atoms. The number of ether oxygens (including phenoxy) is 3. The Kier molecular flexibility index (Phi) is 6.45. The minimum absolute atomic E-state index is 0.0654. The topological polar surface area (TPSA) is 95.9 Å². The Balaban J connectivity index is 2.44. The van der Waals surface area contributed by atoms with Crippen LogP contribution in [-0.4, -0.2) is 29.4 Å². The Bertz CT molecular complexity index is 913. The number of rotatable bonds is 5. The summed E-state index contributed by atoms with van der Waals surface area (Å²) < 4.78 is 16.7. The van der Waals surface area contributed by atoms with Gasteiger partial charge in [0, 0.05) is 11.8 Å². The van der Waals surface area contributed by atoms with Crippen LogP contribution in [0, 0.1) is 6.92 Å². The summed E-state index contributed by atoms with van der Waals surface area (Å²) in [5.41, 5.74) is 2.06. The van der Waals surface area contributed by atoms with Crippen LogP contribution >= 0.6 is 0 Å². The van der Waals surface area contributed by atoms with Crippen molar-refractivity contribution in [2.24, 2.45) is 0 Å². The summed E-state index contributed by atoms with van der Waals surface area (Å²) in [5, 5.41) is 0. The molecule has 1 aromatic carbocycles. The van der Waals surface area contributed by atoms with Gasteiger partial charge < -0.3 is 14.2 Å². The maximum atomic E-state index is 12.6. The smallest absolute Gasteiger partial charge is 0.426 e. The van der Waals surface area contributed by atoms with Crippen LogP contribution in [0.4, 0.5) is 4.79 Å². The molecule has 0 aliphatic carbocycles. The highest BCUT2D eigenvalue weighted by molar-refractivity contribution is 5.91. The van der Waals surface area contributed by atoms with Gasteiger partial charge in [-0.25, -0.2) is 19.7 Å². The first kappa shape index (κ1) is 21.0. The molecule has 0 radical (unpaired) electrons. The van der Waals surface area contributed by atoms with Crippen molar-refractivity contribution < 1.29 is 23.8 Å². The number of amides is 1. The number of aromatic nitrogens is 1. The molecule has 150 valence electrons. The maximum Gasteiger partial charge on any atom is 0.426 e. The number of nitrogens with one attached hydrogen (secondary N) is 1. The van der Waals surface area contributed by atoms with Crippen molar-refractivity contribution >= 4 is 12.1 Å². The number of hydrogen-bond acceptors (Lipinski definition) is 6. The molecule has 0 unspecified atom stereocenters. The Hall–Kier alpha value is -3.29. The first-order valence-corrected chi connectivity index (χ1v) is 8.63. The Morgan fingerprint density at radius 2 is 1.79 bits per heavy atom. The molecule has 0 bridgehead atoms. The highest BCUT2D eigenvalue weighted by Crippen LogP contribution is 2.18. The normalized spacial score (nSPS) is 10.9. The van der Waals surface area contributed by atoms with Crippen molar-refractivity contribution in [1.82, 2.24) is 4.68 Å². The van der Waals surface area contributed by atoms with Crippen LogP contribution < -0.4 is 15.6 Å². The third-order valence-corrected chi connectivity index (χ3v) is 3.56. The molecular formula is C20H24N2O6. The summed E-state index contributed by atoms with van der Waals surface area (Å²) in [6, 6.07) is 9.17. The Morgan fingerprint density at radius 1 is 1.14 bits per heavy atom. The number of esters is 1. The van der Waals surface area contributed by atoms with E-state index in [1.54, 1.807) is 27.7 Å². The predicted octanol–water partition coefficient (Wildman–Crippen LogP) is 3.00. The summed E-state index contributed by atoms with van der Waals surface area (Å²) in [5.74, 6) is -1.05. The van der Waals surface area contributed by atoms with E-state index in [1.165, 1.54) is 13.3 Å². The van der Waals surface area contributed by atoms with Gasteiger partial charge in [-0.1, -0.05) is 30.3 Å². The van der Waals surface area contributed by atoms with E-state index in [0.29, 0.717) is 0 Å². The molecule has 8 heteroatoms.